The van der Waals surface area contributed by atoms with E-state index in [1.807, 2.05) is 0 Å². The first-order valence-electron chi connectivity index (χ1n) is 6.32. The van der Waals surface area contributed by atoms with Gasteiger partial charge in [0, 0.05) is 25.7 Å². The Hall–Kier alpha value is -2.22. The molecule has 20 heavy (non-hydrogen) atoms. The Bertz CT molecular complexity index is 530. The summed E-state index contributed by atoms with van der Waals surface area (Å²) >= 11 is 0. The number of hydrogen-bond acceptors (Lipinski definition) is 6. The van der Waals surface area contributed by atoms with E-state index in [1.54, 1.807) is 11.9 Å². The van der Waals surface area contributed by atoms with Crippen LogP contribution >= 0.6 is 0 Å². The SMILES string of the molecule is CNc1ncc([N+](=O)[O-])cc1C(=O)N(CCO)C1CC1. The number of pyridine rings is 1. The van der Waals surface area contributed by atoms with Crippen molar-refractivity contribution in [3.63, 3.8) is 0 Å². The molecule has 0 aromatic carbocycles. The maximum absolute atomic E-state index is 12.5. The van der Waals surface area contributed by atoms with E-state index >= 15 is 0 Å². The Labute approximate surface area is 115 Å². The van der Waals surface area contributed by atoms with Gasteiger partial charge in [-0.1, -0.05) is 0 Å². The molecular formula is C12H16N4O4. The normalized spacial score (nSPS) is 13.9. The number of aromatic nitrogens is 1. The van der Waals surface area contributed by atoms with E-state index in [1.165, 1.54) is 6.07 Å². The van der Waals surface area contributed by atoms with Gasteiger partial charge in [0.1, 0.15) is 12.0 Å². The van der Waals surface area contributed by atoms with Gasteiger partial charge in [0.2, 0.25) is 0 Å². The number of carbonyl (C=O) groups excluding carboxylic acids is 1. The Morgan fingerprint density at radius 1 is 1.65 bits per heavy atom. The Morgan fingerprint density at radius 3 is 2.85 bits per heavy atom. The highest BCUT2D eigenvalue weighted by atomic mass is 16.6. The minimum atomic E-state index is -0.587. The van der Waals surface area contributed by atoms with Gasteiger partial charge in [-0.25, -0.2) is 4.98 Å². The highest BCUT2D eigenvalue weighted by Crippen LogP contribution is 2.30. The number of aliphatic hydroxyl groups is 1. The first-order valence-corrected chi connectivity index (χ1v) is 6.32. The lowest BCUT2D eigenvalue weighted by molar-refractivity contribution is -0.385. The molecule has 1 amide bonds. The third-order valence-corrected chi connectivity index (χ3v) is 3.14. The molecule has 0 aliphatic heterocycles. The minimum Gasteiger partial charge on any atom is -0.395 e. The van der Waals surface area contributed by atoms with Gasteiger partial charge in [-0.2, -0.15) is 0 Å². The summed E-state index contributed by atoms with van der Waals surface area (Å²) in [6, 6.07) is 1.33. The highest BCUT2D eigenvalue weighted by Gasteiger charge is 2.34. The molecule has 1 fully saturated rings. The summed E-state index contributed by atoms with van der Waals surface area (Å²) in [5.74, 6) is -0.0497. The monoisotopic (exact) mass is 280 g/mol. The van der Waals surface area contributed by atoms with Crippen LogP contribution < -0.4 is 5.32 Å². The Morgan fingerprint density at radius 2 is 2.35 bits per heavy atom. The second-order valence-electron chi connectivity index (χ2n) is 4.55. The molecule has 8 nitrogen and oxygen atoms in total. The lowest BCUT2D eigenvalue weighted by Gasteiger charge is -2.22. The number of rotatable bonds is 6. The molecule has 1 aromatic heterocycles. The van der Waals surface area contributed by atoms with Crippen LogP contribution in [0.3, 0.4) is 0 Å². The maximum atomic E-state index is 12.5. The van der Waals surface area contributed by atoms with Crippen molar-refractivity contribution in [1.82, 2.24) is 9.88 Å². The van der Waals surface area contributed by atoms with Crippen molar-refractivity contribution >= 4 is 17.4 Å². The van der Waals surface area contributed by atoms with E-state index < -0.39 is 4.92 Å². The third-order valence-electron chi connectivity index (χ3n) is 3.14. The molecule has 1 aromatic rings. The number of nitrogens with zero attached hydrogens (tertiary/aromatic N) is 3. The quantitative estimate of drug-likeness (QED) is 0.584. The van der Waals surface area contributed by atoms with E-state index in [9.17, 15) is 14.9 Å². The second kappa shape index (κ2) is 5.83. The number of amides is 1. The van der Waals surface area contributed by atoms with Gasteiger partial charge in [0.25, 0.3) is 11.6 Å². The van der Waals surface area contributed by atoms with Crippen molar-refractivity contribution in [2.45, 2.75) is 18.9 Å². The van der Waals surface area contributed by atoms with Crippen LogP contribution in [0.15, 0.2) is 12.3 Å². The van der Waals surface area contributed by atoms with Crippen LogP contribution in [0.2, 0.25) is 0 Å². The van der Waals surface area contributed by atoms with Gasteiger partial charge in [-0.05, 0) is 12.8 Å². The van der Waals surface area contributed by atoms with Gasteiger partial charge in [-0.15, -0.1) is 0 Å². The molecule has 1 aliphatic rings. The number of hydrogen-bond donors (Lipinski definition) is 2. The van der Waals surface area contributed by atoms with Gasteiger partial charge in [0.15, 0.2) is 0 Å². The molecule has 2 rings (SSSR count). The zero-order valence-electron chi connectivity index (χ0n) is 11.1. The van der Waals surface area contributed by atoms with E-state index in [4.69, 9.17) is 5.11 Å². The van der Waals surface area contributed by atoms with E-state index in [-0.39, 0.29) is 36.4 Å². The average molecular weight is 280 g/mol. The predicted octanol–water partition coefficient (Wildman–Crippen LogP) is 0.628. The molecule has 0 spiro atoms. The first kappa shape index (κ1) is 14.2. The molecule has 0 saturated heterocycles. The van der Waals surface area contributed by atoms with E-state index in [0.717, 1.165) is 19.0 Å². The van der Waals surface area contributed by atoms with Crippen LogP contribution in [0.1, 0.15) is 23.2 Å². The summed E-state index contributed by atoms with van der Waals surface area (Å²) in [5.41, 5.74) is -0.0749. The topological polar surface area (TPSA) is 109 Å². The molecule has 8 heteroatoms. The summed E-state index contributed by atoms with van der Waals surface area (Å²) in [7, 11) is 1.60. The molecule has 0 bridgehead atoms. The average Bonchev–Trinajstić information content (AvgIpc) is 3.27. The minimum absolute atomic E-state index is 0.110. The van der Waals surface area contributed by atoms with Gasteiger partial charge in [-0.3, -0.25) is 14.9 Å². The lowest BCUT2D eigenvalue weighted by atomic mass is 10.2. The van der Waals surface area contributed by atoms with Crippen LogP contribution in [0.5, 0.6) is 0 Å². The molecule has 108 valence electrons. The molecular weight excluding hydrogens is 264 g/mol. The van der Waals surface area contributed by atoms with Crippen LogP contribution in [-0.2, 0) is 0 Å². The molecule has 1 saturated carbocycles. The first-order chi connectivity index (χ1) is 9.58. The zero-order chi connectivity index (χ0) is 14.7. The summed E-state index contributed by atoms with van der Waals surface area (Å²) in [4.78, 5) is 28.1. The van der Waals surface area contributed by atoms with Crippen molar-refractivity contribution in [1.29, 1.82) is 0 Å². The van der Waals surface area contributed by atoms with Crippen LogP contribution in [0.4, 0.5) is 11.5 Å². The summed E-state index contributed by atoms with van der Waals surface area (Å²) in [5, 5.41) is 22.6. The standard InChI is InChI=1S/C12H16N4O4/c1-13-11-10(6-9(7-14-11)16(19)20)12(18)15(4-5-17)8-2-3-8/h6-8,17H,2-5H2,1H3,(H,13,14). The molecule has 2 N–H and O–H groups in total. The van der Waals surface area contributed by atoms with Crippen molar-refractivity contribution in [2.24, 2.45) is 0 Å². The summed E-state index contributed by atoms with van der Waals surface area (Å²) < 4.78 is 0. The van der Waals surface area contributed by atoms with Crippen molar-refractivity contribution in [3.8, 4) is 0 Å². The van der Waals surface area contributed by atoms with Crippen LogP contribution in [0, 0.1) is 10.1 Å². The van der Waals surface area contributed by atoms with Crippen molar-refractivity contribution < 1.29 is 14.8 Å². The maximum Gasteiger partial charge on any atom is 0.288 e. The van der Waals surface area contributed by atoms with Crippen LogP contribution in [-0.4, -0.2) is 52.1 Å². The van der Waals surface area contributed by atoms with E-state index in [2.05, 4.69) is 10.3 Å². The molecule has 1 heterocycles. The fourth-order valence-corrected chi connectivity index (χ4v) is 2.01. The van der Waals surface area contributed by atoms with Gasteiger partial charge < -0.3 is 15.3 Å². The second-order valence-corrected chi connectivity index (χ2v) is 4.55. The number of nitro groups is 1. The number of anilines is 1. The highest BCUT2D eigenvalue weighted by molar-refractivity contribution is 5.99. The predicted molar refractivity (Wildman–Crippen MR) is 71.6 cm³/mol. The lowest BCUT2D eigenvalue weighted by Crippen LogP contribution is -2.36. The number of nitrogens with one attached hydrogen (secondary N) is 1. The number of carbonyl (C=O) groups is 1. The van der Waals surface area contributed by atoms with Gasteiger partial charge in [0.05, 0.1) is 17.1 Å². The Balaban J connectivity index is 2.35. The largest absolute Gasteiger partial charge is 0.395 e. The summed E-state index contributed by atoms with van der Waals surface area (Å²) in [6.45, 7) is 0.0782. The Kier molecular flexibility index (Phi) is 4.14. The van der Waals surface area contributed by atoms with Gasteiger partial charge >= 0.3 is 0 Å². The fourth-order valence-electron chi connectivity index (χ4n) is 2.01. The van der Waals surface area contributed by atoms with Crippen LogP contribution in [0.25, 0.3) is 0 Å². The zero-order valence-corrected chi connectivity index (χ0v) is 11.1. The summed E-state index contributed by atoms with van der Waals surface area (Å²) in [6.07, 6.45) is 2.89. The molecule has 1 aliphatic carbocycles. The molecule has 0 atom stereocenters. The molecule has 0 unspecified atom stereocenters. The smallest absolute Gasteiger partial charge is 0.288 e. The molecule has 0 radical (unpaired) electrons. The van der Waals surface area contributed by atoms with Crippen molar-refractivity contribution in [3.05, 3.63) is 27.9 Å². The fraction of sp³-hybridized carbons (Fsp3) is 0.500. The number of aliphatic hydroxyl groups excluding tert-OH is 1. The third kappa shape index (κ3) is 2.85. The van der Waals surface area contributed by atoms with E-state index in [0.29, 0.717) is 5.82 Å². The van der Waals surface area contributed by atoms with Crippen molar-refractivity contribution in [2.75, 3.05) is 25.5 Å².